The van der Waals surface area contributed by atoms with Crippen molar-refractivity contribution in [3.05, 3.63) is 64.9 Å². The van der Waals surface area contributed by atoms with Gasteiger partial charge in [-0.2, -0.15) is 0 Å². The van der Waals surface area contributed by atoms with E-state index in [0.717, 1.165) is 10.5 Å². The largest absolute Gasteiger partial charge is 0.322 e. The van der Waals surface area contributed by atoms with Gasteiger partial charge in [-0.05, 0) is 48.2 Å². The molecule has 0 unspecified atom stereocenters. The first-order chi connectivity index (χ1) is 10.1. The maximum absolute atomic E-state index is 13.0. The Morgan fingerprint density at radius 2 is 1.95 bits per heavy atom. The first-order valence-electron chi connectivity index (χ1n) is 6.16. The molecule has 0 fully saturated rings. The van der Waals surface area contributed by atoms with Gasteiger partial charge in [0.15, 0.2) is 0 Å². The number of hydrogen-bond donors (Lipinski definition) is 1. The van der Waals surface area contributed by atoms with Crippen molar-refractivity contribution in [1.29, 1.82) is 0 Å². The fraction of sp³-hybridized carbons (Fsp3) is 0.0625. The Hall–Kier alpha value is -1.78. The fourth-order valence-corrected chi connectivity index (χ4v) is 2.23. The highest BCUT2D eigenvalue weighted by molar-refractivity contribution is 7.98. The van der Waals surface area contributed by atoms with Crippen molar-refractivity contribution >= 4 is 41.0 Å². The third-order valence-electron chi connectivity index (χ3n) is 2.73. The summed E-state index contributed by atoms with van der Waals surface area (Å²) in [5.74, 6) is -0.814. The van der Waals surface area contributed by atoms with Crippen LogP contribution in [0.3, 0.4) is 0 Å². The highest BCUT2D eigenvalue weighted by atomic mass is 35.5. The minimum Gasteiger partial charge on any atom is -0.322 e. The van der Waals surface area contributed by atoms with Gasteiger partial charge in [0.25, 0.3) is 0 Å². The molecule has 0 spiro atoms. The Kier molecular flexibility index (Phi) is 5.42. The van der Waals surface area contributed by atoms with Gasteiger partial charge < -0.3 is 5.32 Å². The van der Waals surface area contributed by atoms with Gasteiger partial charge in [0.05, 0.1) is 5.02 Å². The zero-order chi connectivity index (χ0) is 15.2. The van der Waals surface area contributed by atoms with E-state index >= 15 is 0 Å². The van der Waals surface area contributed by atoms with E-state index in [1.54, 1.807) is 17.8 Å². The monoisotopic (exact) mass is 321 g/mol. The lowest BCUT2D eigenvalue weighted by Crippen LogP contribution is -2.07. The second-order valence-corrected chi connectivity index (χ2v) is 5.51. The van der Waals surface area contributed by atoms with Gasteiger partial charge in [-0.1, -0.05) is 23.7 Å². The van der Waals surface area contributed by atoms with Gasteiger partial charge in [0.1, 0.15) is 5.82 Å². The molecule has 0 heterocycles. The first-order valence-corrected chi connectivity index (χ1v) is 7.77. The molecule has 5 heteroatoms. The third-order valence-corrected chi connectivity index (χ3v) is 3.76. The third kappa shape index (κ3) is 4.62. The molecule has 1 amide bonds. The van der Waals surface area contributed by atoms with Gasteiger partial charge in [-0.15, -0.1) is 11.8 Å². The van der Waals surface area contributed by atoms with E-state index < -0.39 is 5.82 Å². The highest BCUT2D eigenvalue weighted by Gasteiger charge is 2.02. The molecule has 21 heavy (non-hydrogen) atoms. The van der Waals surface area contributed by atoms with Crippen LogP contribution in [0.2, 0.25) is 5.02 Å². The summed E-state index contributed by atoms with van der Waals surface area (Å²) in [6, 6.07) is 11.9. The summed E-state index contributed by atoms with van der Waals surface area (Å²) >= 11 is 7.31. The molecule has 0 saturated heterocycles. The Labute approximate surface area is 132 Å². The maximum Gasteiger partial charge on any atom is 0.248 e. The van der Waals surface area contributed by atoms with Crippen LogP contribution >= 0.6 is 23.4 Å². The van der Waals surface area contributed by atoms with Crippen molar-refractivity contribution in [2.24, 2.45) is 0 Å². The van der Waals surface area contributed by atoms with Gasteiger partial charge in [0, 0.05) is 16.7 Å². The molecule has 0 aromatic heterocycles. The van der Waals surface area contributed by atoms with Gasteiger partial charge in [0.2, 0.25) is 5.91 Å². The molecule has 0 saturated carbocycles. The van der Waals surface area contributed by atoms with E-state index in [-0.39, 0.29) is 10.9 Å². The van der Waals surface area contributed by atoms with Crippen LogP contribution in [0.4, 0.5) is 10.1 Å². The highest BCUT2D eigenvalue weighted by Crippen LogP contribution is 2.19. The number of halogens is 2. The molecule has 0 bridgehead atoms. The fourth-order valence-electron chi connectivity index (χ4n) is 1.64. The average molecular weight is 322 g/mol. The number of thioether (sulfide) groups is 1. The summed E-state index contributed by atoms with van der Waals surface area (Å²) in [5, 5.41) is 2.60. The van der Waals surface area contributed by atoms with Crippen molar-refractivity contribution in [2.45, 2.75) is 4.90 Å². The second-order valence-electron chi connectivity index (χ2n) is 4.22. The Morgan fingerprint density at radius 1 is 1.24 bits per heavy atom. The number of carbonyl (C=O) groups is 1. The smallest absolute Gasteiger partial charge is 0.248 e. The van der Waals surface area contributed by atoms with Crippen LogP contribution in [0.15, 0.2) is 53.4 Å². The van der Waals surface area contributed by atoms with Crippen LogP contribution < -0.4 is 5.32 Å². The minimum absolute atomic E-state index is 0.0237. The van der Waals surface area contributed by atoms with E-state index in [0.29, 0.717) is 5.69 Å². The van der Waals surface area contributed by atoms with Crippen LogP contribution in [0.5, 0.6) is 0 Å². The normalized spacial score (nSPS) is 10.8. The summed E-state index contributed by atoms with van der Waals surface area (Å²) in [5.41, 5.74) is 1.38. The molecule has 1 N–H and O–H groups in total. The lowest BCUT2D eigenvalue weighted by Gasteiger charge is -2.03. The van der Waals surface area contributed by atoms with E-state index in [9.17, 15) is 9.18 Å². The molecule has 0 aliphatic heterocycles. The molecule has 0 aliphatic rings. The lowest BCUT2D eigenvalue weighted by molar-refractivity contribution is -0.111. The topological polar surface area (TPSA) is 29.1 Å². The number of nitrogens with one attached hydrogen (secondary N) is 1. The quantitative estimate of drug-likeness (QED) is 0.644. The summed E-state index contributed by atoms with van der Waals surface area (Å²) in [6.07, 6.45) is 5.14. The SMILES string of the molecule is CSc1ccc(/C=C\C(=O)Nc2ccc(F)c(Cl)c2)cc1. The van der Waals surface area contributed by atoms with E-state index in [4.69, 9.17) is 11.6 Å². The number of rotatable bonds is 4. The number of carbonyl (C=O) groups excluding carboxylic acids is 1. The van der Waals surface area contributed by atoms with Crippen LogP contribution in [0, 0.1) is 5.82 Å². The molecule has 2 nitrogen and oxygen atoms in total. The number of anilines is 1. The summed E-state index contributed by atoms with van der Waals surface area (Å²) < 4.78 is 13.0. The van der Waals surface area contributed by atoms with E-state index in [1.165, 1.54) is 24.3 Å². The Balaban J connectivity index is 1.99. The van der Waals surface area contributed by atoms with Gasteiger partial charge >= 0.3 is 0 Å². The molecule has 2 aromatic rings. The number of benzene rings is 2. The molecular weight excluding hydrogens is 309 g/mol. The first kappa shape index (κ1) is 15.6. The van der Waals surface area contributed by atoms with Crippen molar-refractivity contribution < 1.29 is 9.18 Å². The van der Waals surface area contributed by atoms with Crippen molar-refractivity contribution in [3.8, 4) is 0 Å². The molecule has 108 valence electrons. The second kappa shape index (κ2) is 7.29. The van der Waals surface area contributed by atoms with Gasteiger partial charge in [-0.3, -0.25) is 4.79 Å². The summed E-state index contributed by atoms with van der Waals surface area (Å²) in [6.45, 7) is 0. The van der Waals surface area contributed by atoms with Crippen LogP contribution in [0.25, 0.3) is 6.08 Å². The molecule has 0 aliphatic carbocycles. The van der Waals surface area contributed by atoms with Crippen LogP contribution in [-0.4, -0.2) is 12.2 Å². The van der Waals surface area contributed by atoms with E-state index in [2.05, 4.69) is 5.32 Å². The maximum atomic E-state index is 13.0. The zero-order valence-electron chi connectivity index (χ0n) is 11.3. The van der Waals surface area contributed by atoms with Crippen LogP contribution in [-0.2, 0) is 4.79 Å². The average Bonchev–Trinajstić information content (AvgIpc) is 2.49. The van der Waals surface area contributed by atoms with Crippen molar-refractivity contribution in [3.63, 3.8) is 0 Å². The predicted octanol–water partition coefficient (Wildman–Crippen LogP) is 4.85. The summed E-state index contributed by atoms with van der Waals surface area (Å²) in [7, 11) is 0. The molecule has 0 atom stereocenters. The predicted molar refractivity (Wildman–Crippen MR) is 87.3 cm³/mol. The number of hydrogen-bond acceptors (Lipinski definition) is 2. The Morgan fingerprint density at radius 3 is 2.57 bits per heavy atom. The van der Waals surface area contributed by atoms with E-state index in [1.807, 2.05) is 30.5 Å². The summed E-state index contributed by atoms with van der Waals surface area (Å²) in [4.78, 5) is 12.9. The van der Waals surface area contributed by atoms with Crippen molar-refractivity contribution in [2.75, 3.05) is 11.6 Å². The standard InChI is InChI=1S/C16H13ClFNOS/c1-21-13-6-2-11(3-7-13)4-9-16(20)19-12-5-8-15(18)14(17)10-12/h2-10H,1H3,(H,19,20)/b9-4-. The van der Waals surface area contributed by atoms with Crippen LogP contribution in [0.1, 0.15) is 5.56 Å². The van der Waals surface area contributed by atoms with Gasteiger partial charge in [-0.25, -0.2) is 4.39 Å². The molecular formula is C16H13ClFNOS. The lowest BCUT2D eigenvalue weighted by atomic mass is 10.2. The molecule has 2 aromatic carbocycles. The molecule has 0 radical (unpaired) electrons. The minimum atomic E-state index is -0.515. The zero-order valence-corrected chi connectivity index (χ0v) is 12.8. The number of amides is 1. The Bertz CT molecular complexity index is 670. The van der Waals surface area contributed by atoms with Crippen molar-refractivity contribution in [1.82, 2.24) is 0 Å². The molecule has 2 rings (SSSR count).